The third-order valence-corrected chi connectivity index (χ3v) is 3.20. The van der Waals surface area contributed by atoms with Crippen molar-refractivity contribution in [2.75, 3.05) is 7.11 Å². The molecule has 0 amide bonds. The molecule has 20 heavy (non-hydrogen) atoms. The molecule has 1 unspecified atom stereocenters. The van der Waals surface area contributed by atoms with Crippen LogP contribution < -0.4 is 0 Å². The summed E-state index contributed by atoms with van der Waals surface area (Å²) in [7, 11) is 1.31. The highest BCUT2D eigenvalue weighted by molar-refractivity contribution is 6.01. The lowest BCUT2D eigenvalue weighted by atomic mass is 10.0. The van der Waals surface area contributed by atoms with Gasteiger partial charge in [-0.05, 0) is 18.1 Å². The van der Waals surface area contributed by atoms with Gasteiger partial charge in [0.25, 0.3) is 0 Å². The molecule has 0 aliphatic heterocycles. The maximum atomic E-state index is 12.0. The van der Waals surface area contributed by atoms with E-state index >= 15 is 0 Å². The van der Waals surface area contributed by atoms with E-state index in [1.807, 2.05) is 13.8 Å². The van der Waals surface area contributed by atoms with Gasteiger partial charge in [-0.3, -0.25) is 0 Å². The molecular formula is C14H16N2O4. The molecule has 2 aromatic rings. The zero-order chi connectivity index (χ0) is 14.9. The van der Waals surface area contributed by atoms with Crippen LogP contribution in [0.25, 0.3) is 11.0 Å². The van der Waals surface area contributed by atoms with Crippen molar-refractivity contribution in [3.05, 3.63) is 30.1 Å². The van der Waals surface area contributed by atoms with Crippen LogP contribution in [0.1, 0.15) is 30.2 Å². The Bertz CT molecular complexity index is 660. The predicted molar refractivity (Wildman–Crippen MR) is 72.6 cm³/mol. The average Bonchev–Trinajstić information content (AvgIpc) is 2.82. The van der Waals surface area contributed by atoms with Crippen LogP contribution in [0.5, 0.6) is 0 Å². The molecule has 0 bridgehead atoms. The number of esters is 1. The number of fused-ring (bicyclic) bond motifs is 1. The summed E-state index contributed by atoms with van der Waals surface area (Å²) < 4.78 is 6.39. The number of hydrogen-bond acceptors (Lipinski definition) is 4. The first-order valence-electron chi connectivity index (χ1n) is 6.24. The van der Waals surface area contributed by atoms with Crippen molar-refractivity contribution >= 4 is 23.0 Å². The maximum Gasteiger partial charge on any atom is 0.337 e. The first-order valence-corrected chi connectivity index (χ1v) is 6.24. The lowest BCUT2D eigenvalue weighted by molar-refractivity contribution is -0.145. The monoisotopic (exact) mass is 276 g/mol. The van der Waals surface area contributed by atoms with Crippen molar-refractivity contribution in [3.63, 3.8) is 0 Å². The van der Waals surface area contributed by atoms with E-state index in [0.717, 1.165) is 0 Å². The van der Waals surface area contributed by atoms with Crippen molar-refractivity contribution in [2.45, 2.75) is 19.9 Å². The molecule has 1 atom stereocenters. The summed E-state index contributed by atoms with van der Waals surface area (Å²) >= 11 is 0. The lowest BCUT2D eigenvalue weighted by Crippen LogP contribution is -2.25. The Morgan fingerprint density at radius 1 is 1.35 bits per heavy atom. The van der Waals surface area contributed by atoms with E-state index in [9.17, 15) is 14.7 Å². The highest BCUT2D eigenvalue weighted by Gasteiger charge is 2.28. The molecule has 0 saturated heterocycles. The molecule has 0 aliphatic carbocycles. The number of methoxy groups -OCH3 is 1. The molecule has 106 valence electrons. The minimum Gasteiger partial charge on any atom is -0.478 e. The zero-order valence-electron chi connectivity index (χ0n) is 11.5. The number of aromatic nitrogens is 2. The molecule has 6 heteroatoms. The van der Waals surface area contributed by atoms with E-state index < -0.39 is 18.0 Å². The van der Waals surface area contributed by atoms with Crippen LogP contribution in [-0.2, 0) is 9.53 Å². The fourth-order valence-corrected chi connectivity index (χ4v) is 2.30. The van der Waals surface area contributed by atoms with E-state index in [1.165, 1.54) is 19.5 Å². The molecule has 2 rings (SSSR count). The second-order valence-electron chi connectivity index (χ2n) is 4.84. The van der Waals surface area contributed by atoms with Gasteiger partial charge in [-0.2, -0.15) is 0 Å². The Kier molecular flexibility index (Phi) is 3.74. The van der Waals surface area contributed by atoms with Gasteiger partial charge in [0.1, 0.15) is 6.04 Å². The van der Waals surface area contributed by atoms with Crippen LogP contribution in [-0.4, -0.2) is 33.7 Å². The molecule has 1 aromatic heterocycles. The number of carboxylic acid groups (broad SMARTS) is 1. The molecular weight excluding hydrogens is 260 g/mol. The van der Waals surface area contributed by atoms with Crippen LogP contribution in [0.4, 0.5) is 0 Å². The molecule has 0 spiro atoms. The van der Waals surface area contributed by atoms with Gasteiger partial charge in [-0.25, -0.2) is 14.6 Å². The molecule has 6 nitrogen and oxygen atoms in total. The van der Waals surface area contributed by atoms with Crippen molar-refractivity contribution in [1.82, 2.24) is 9.55 Å². The number of hydrogen-bond donors (Lipinski definition) is 1. The maximum absolute atomic E-state index is 12.0. The number of ether oxygens (including phenoxy) is 1. The first-order chi connectivity index (χ1) is 9.47. The third kappa shape index (κ3) is 2.24. The van der Waals surface area contributed by atoms with E-state index in [0.29, 0.717) is 11.0 Å². The minimum atomic E-state index is -1.05. The number of nitrogens with zero attached hydrogens (tertiary/aromatic N) is 2. The number of rotatable bonds is 4. The molecule has 1 aromatic carbocycles. The molecule has 0 aliphatic rings. The summed E-state index contributed by atoms with van der Waals surface area (Å²) in [5.74, 6) is -1.52. The number of carboxylic acids is 1. The quantitative estimate of drug-likeness (QED) is 0.865. The summed E-state index contributed by atoms with van der Waals surface area (Å²) in [4.78, 5) is 27.5. The second-order valence-corrected chi connectivity index (χ2v) is 4.84. The van der Waals surface area contributed by atoms with Crippen molar-refractivity contribution in [2.24, 2.45) is 5.92 Å². The van der Waals surface area contributed by atoms with Crippen molar-refractivity contribution in [3.8, 4) is 0 Å². The Balaban J connectivity index is 2.70. The van der Waals surface area contributed by atoms with Gasteiger partial charge in [0.15, 0.2) is 0 Å². The number of benzene rings is 1. The van der Waals surface area contributed by atoms with Gasteiger partial charge in [-0.15, -0.1) is 0 Å². The number of imidazole rings is 1. The molecule has 0 radical (unpaired) electrons. The number of aromatic carboxylic acids is 1. The largest absolute Gasteiger partial charge is 0.478 e. The lowest BCUT2D eigenvalue weighted by Gasteiger charge is -2.21. The third-order valence-electron chi connectivity index (χ3n) is 3.20. The predicted octanol–water partition coefficient (Wildman–Crippen LogP) is 2.10. The topological polar surface area (TPSA) is 81.4 Å². The Morgan fingerprint density at radius 3 is 2.60 bits per heavy atom. The Morgan fingerprint density at radius 2 is 2.05 bits per heavy atom. The standard InChI is InChI=1S/C14H16N2O4/c1-8(2)11(14(19)20-3)16-7-15-10-6-4-5-9(12(10)16)13(17)18/h4-8,11H,1-3H3,(H,17,18). The molecule has 0 saturated carbocycles. The van der Waals surface area contributed by atoms with Crippen LogP contribution in [0.15, 0.2) is 24.5 Å². The van der Waals surface area contributed by atoms with Gasteiger partial charge in [0.05, 0.1) is 30.0 Å². The minimum absolute atomic E-state index is 0.0540. The fourth-order valence-electron chi connectivity index (χ4n) is 2.30. The average molecular weight is 276 g/mol. The van der Waals surface area contributed by atoms with Gasteiger partial charge in [0, 0.05) is 0 Å². The first kappa shape index (κ1) is 14.0. The van der Waals surface area contributed by atoms with Gasteiger partial charge in [-0.1, -0.05) is 19.9 Å². The van der Waals surface area contributed by atoms with Crippen LogP contribution in [0, 0.1) is 5.92 Å². The summed E-state index contributed by atoms with van der Waals surface area (Å²) in [6.07, 6.45) is 1.48. The summed E-state index contributed by atoms with van der Waals surface area (Å²) in [5, 5.41) is 9.28. The van der Waals surface area contributed by atoms with Crippen LogP contribution in [0.3, 0.4) is 0 Å². The molecule has 0 fully saturated rings. The van der Waals surface area contributed by atoms with E-state index in [-0.39, 0.29) is 11.5 Å². The molecule has 1 N–H and O–H groups in total. The summed E-state index contributed by atoms with van der Waals surface area (Å²) in [6.45, 7) is 3.74. The van der Waals surface area contributed by atoms with E-state index in [1.54, 1.807) is 16.7 Å². The normalized spacial score (nSPS) is 12.6. The smallest absolute Gasteiger partial charge is 0.337 e. The van der Waals surface area contributed by atoms with Crippen molar-refractivity contribution < 1.29 is 19.4 Å². The number of carbonyl (C=O) groups excluding carboxylic acids is 1. The highest BCUT2D eigenvalue weighted by atomic mass is 16.5. The zero-order valence-corrected chi connectivity index (χ0v) is 11.5. The van der Waals surface area contributed by atoms with Gasteiger partial charge in [0.2, 0.25) is 0 Å². The number of para-hydroxylation sites is 1. The summed E-state index contributed by atoms with van der Waals surface area (Å²) in [6, 6.07) is 4.24. The van der Waals surface area contributed by atoms with Crippen LogP contribution in [0.2, 0.25) is 0 Å². The molecule has 1 heterocycles. The Labute approximate surface area is 116 Å². The fraction of sp³-hybridized carbons (Fsp3) is 0.357. The van der Waals surface area contributed by atoms with Crippen LogP contribution >= 0.6 is 0 Å². The summed E-state index contributed by atoms with van der Waals surface area (Å²) in [5.41, 5.74) is 1.10. The van der Waals surface area contributed by atoms with E-state index in [2.05, 4.69) is 4.98 Å². The van der Waals surface area contributed by atoms with Gasteiger partial charge < -0.3 is 14.4 Å². The second kappa shape index (κ2) is 5.32. The SMILES string of the molecule is COC(=O)C(C(C)C)n1cnc2cccc(C(=O)O)c21. The van der Waals surface area contributed by atoms with Crippen molar-refractivity contribution in [1.29, 1.82) is 0 Å². The Hall–Kier alpha value is -2.37. The van der Waals surface area contributed by atoms with Gasteiger partial charge >= 0.3 is 11.9 Å². The number of carbonyl (C=O) groups is 2. The van der Waals surface area contributed by atoms with E-state index in [4.69, 9.17) is 4.74 Å². The highest BCUT2D eigenvalue weighted by Crippen LogP contribution is 2.27.